The Kier molecular flexibility index (Phi) is 4.70. The van der Waals surface area contributed by atoms with E-state index in [1.165, 1.54) is 0 Å². The summed E-state index contributed by atoms with van der Waals surface area (Å²) in [5, 5.41) is 7.40. The van der Waals surface area contributed by atoms with E-state index in [2.05, 4.69) is 15.4 Å². The highest BCUT2D eigenvalue weighted by Gasteiger charge is 2.12. The third-order valence-corrected chi connectivity index (χ3v) is 3.27. The summed E-state index contributed by atoms with van der Waals surface area (Å²) >= 11 is 0. The van der Waals surface area contributed by atoms with Crippen LogP contribution in [0.3, 0.4) is 0 Å². The first-order valence-electron chi connectivity index (χ1n) is 6.92. The number of likely N-dealkylation sites (N-methyl/N-ethyl adjacent to an activating group) is 2. The lowest BCUT2D eigenvalue weighted by Crippen LogP contribution is -2.32. The van der Waals surface area contributed by atoms with E-state index < -0.39 is 0 Å². The predicted molar refractivity (Wildman–Crippen MR) is 81.7 cm³/mol. The standard InChI is InChI=1S/C15H21N5O/c1-11-9-12(2)20(18-11)14-6-5-13(10-17-14)15(21)19(4)8-7-16-3/h5-6,9-10,16H,7-8H2,1-4H3. The number of aryl methyl sites for hydroxylation is 2. The first kappa shape index (κ1) is 15.2. The van der Waals surface area contributed by atoms with E-state index in [9.17, 15) is 4.79 Å². The maximum atomic E-state index is 12.2. The number of nitrogens with one attached hydrogen (secondary N) is 1. The summed E-state index contributed by atoms with van der Waals surface area (Å²) in [7, 11) is 3.65. The summed E-state index contributed by atoms with van der Waals surface area (Å²) in [5.74, 6) is 0.688. The average molecular weight is 287 g/mol. The van der Waals surface area contributed by atoms with Gasteiger partial charge in [-0.15, -0.1) is 0 Å². The van der Waals surface area contributed by atoms with E-state index in [0.29, 0.717) is 12.1 Å². The molecule has 6 nitrogen and oxygen atoms in total. The third kappa shape index (κ3) is 3.46. The number of carbonyl (C=O) groups is 1. The second-order valence-electron chi connectivity index (χ2n) is 5.07. The van der Waals surface area contributed by atoms with Crippen LogP contribution in [0.4, 0.5) is 0 Å². The van der Waals surface area contributed by atoms with Crippen molar-refractivity contribution in [2.24, 2.45) is 0 Å². The fourth-order valence-electron chi connectivity index (χ4n) is 2.10. The normalized spacial score (nSPS) is 10.7. The number of rotatable bonds is 5. The largest absolute Gasteiger partial charge is 0.340 e. The van der Waals surface area contributed by atoms with E-state index in [-0.39, 0.29) is 5.91 Å². The Hall–Kier alpha value is -2.21. The van der Waals surface area contributed by atoms with Gasteiger partial charge in [0, 0.05) is 32.0 Å². The molecule has 0 aliphatic heterocycles. The molecule has 0 atom stereocenters. The van der Waals surface area contributed by atoms with E-state index in [4.69, 9.17) is 0 Å². The molecule has 21 heavy (non-hydrogen) atoms. The van der Waals surface area contributed by atoms with E-state index in [1.807, 2.05) is 33.0 Å². The Morgan fingerprint density at radius 2 is 2.14 bits per heavy atom. The highest BCUT2D eigenvalue weighted by molar-refractivity contribution is 5.93. The van der Waals surface area contributed by atoms with Gasteiger partial charge in [-0.2, -0.15) is 5.10 Å². The molecule has 1 amide bonds. The first-order chi connectivity index (χ1) is 10.0. The molecule has 0 saturated carbocycles. The number of hydrogen-bond acceptors (Lipinski definition) is 4. The molecule has 0 aromatic carbocycles. The minimum Gasteiger partial charge on any atom is -0.340 e. The van der Waals surface area contributed by atoms with Gasteiger partial charge in [-0.05, 0) is 39.1 Å². The second-order valence-corrected chi connectivity index (χ2v) is 5.07. The van der Waals surface area contributed by atoms with Crippen LogP contribution in [0, 0.1) is 13.8 Å². The summed E-state index contributed by atoms with van der Waals surface area (Å²) in [6.45, 7) is 5.35. The molecule has 1 N–H and O–H groups in total. The number of hydrogen-bond donors (Lipinski definition) is 1. The molecule has 2 aromatic rings. The van der Waals surface area contributed by atoms with E-state index in [1.54, 1.807) is 28.9 Å². The van der Waals surface area contributed by atoms with Crippen molar-refractivity contribution in [1.29, 1.82) is 0 Å². The molecule has 0 spiro atoms. The topological polar surface area (TPSA) is 63.1 Å². The van der Waals surface area contributed by atoms with E-state index >= 15 is 0 Å². The molecule has 0 aliphatic rings. The highest BCUT2D eigenvalue weighted by atomic mass is 16.2. The van der Waals surface area contributed by atoms with E-state index in [0.717, 1.165) is 23.8 Å². The average Bonchev–Trinajstić information content (AvgIpc) is 2.83. The van der Waals surface area contributed by atoms with Gasteiger partial charge >= 0.3 is 0 Å². The number of nitrogens with zero attached hydrogens (tertiary/aromatic N) is 4. The lowest BCUT2D eigenvalue weighted by molar-refractivity contribution is 0.0796. The summed E-state index contributed by atoms with van der Waals surface area (Å²) in [4.78, 5) is 18.2. The zero-order chi connectivity index (χ0) is 15.4. The maximum absolute atomic E-state index is 12.2. The molecule has 6 heteroatoms. The lowest BCUT2D eigenvalue weighted by atomic mass is 10.2. The van der Waals surface area contributed by atoms with Crippen LogP contribution < -0.4 is 5.32 Å². The molecular weight excluding hydrogens is 266 g/mol. The van der Waals surface area contributed by atoms with Crippen molar-refractivity contribution in [3.63, 3.8) is 0 Å². The molecule has 0 aliphatic carbocycles. The van der Waals surface area contributed by atoms with Crippen LogP contribution in [0.25, 0.3) is 5.82 Å². The molecule has 0 fully saturated rings. The van der Waals surface area contributed by atoms with Crippen LogP contribution in [-0.4, -0.2) is 52.8 Å². The minimum atomic E-state index is -0.0299. The number of carbonyl (C=O) groups excluding carboxylic acids is 1. The van der Waals surface area contributed by atoms with Crippen molar-refractivity contribution in [3.8, 4) is 5.82 Å². The Bertz CT molecular complexity index is 617. The smallest absolute Gasteiger partial charge is 0.255 e. The summed E-state index contributed by atoms with van der Waals surface area (Å²) in [6.07, 6.45) is 1.60. The van der Waals surface area contributed by atoms with Crippen molar-refractivity contribution >= 4 is 5.91 Å². The Morgan fingerprint density at radius 3 is 2.67 bits per heavy atom. The van der Waals surface area contributed by atoms with Crippen LogP contribution in [0.2, 0.25) is 0 Å². The van der Waals surface area contributed by atoms with Crippen LogP contribution in [0.1, 0.15) is 21.7 Å². The van der Waals surface area contributed by atoms with Crippen molar-refractivity contribution in [2.75, 3.05) is 27.2 Å². The van der Waals surface area contributed by atoms with Gasteiger partial charge in [-0.25, -0.2) is 9.67 Å². The Morgan fingerprint density at radius 1 is 1.38 bits per heavy atom. The van der Waals surface area contributed by atoms with Gasteiger partial charge in [-0.1, -0.05) is 0 Å². The van der Waals surface area contributed by atoms with Crippen molar-refractivity contribution in [2.45, 2.75) is 13.8 Å². The Balaban J connectivity index is 2.15. The summed E-state index contributed by atoms with van der Waals surface area (Å²) < 4.78 is 1.77. The van der Waals surface area contributed by atoms with Crippen LogP contribution in [-0.2, 0) is 0 Å². The minimum absolute atomic E-state index is 0.0299. The molecular formula is C15H21N5O. The fraction of sp³-hybridized carbons (Fsp3) is 0.400. The highest BCUT2D eigenvalue weighted by Crippen LogP contribution is 2.11. The van der Waals surface area contributed by atoms with Crippen molar-refractivity contribution in [3.05, 3.63) is 41.3 Å². The first-order valence-corrected chi connectivity index (χ1v) is 6.92. The zero-order valence-electron chi connectivity index (χ0n) is 12.9. The summed E-state index contributed by atoms with van der Waals surface area (Å²) in [6, 6.07) is 5.60. The van der Waals surface area contributed by atoms with Gasteiger partial charge in [0.15, 0.2) is 5.82 Å². The number of pyridine rings is 1. The van der Waals surface area contributed by atoms with Gasteiger partial charge in [0.2, 0.25) is 0 Å². The molecule has 0 unspecified atom stereocenters. The van der Waals surface area contributed by atoms with Crippen molar-refractivity contribution < 1.29 is 4.79 Å². The fourth-order valence-corrected chi connectivity index (χ4v) is 2.10. The quantitative estimate of drug-likeness (QED) is 0.897. The summed E-state index contributed by atoms with van der Waals surface area (Å²) in [5.41, 5.74) is 2.55. The van der Waals surface area contributed by atoms with Gasteiger partial charge in [0.1, 0.15) is 0 Å². The molecule has 112 valence electrons. The lowest BCUT2D eigenvalue weighted by Gasteiger charge is -2.16. The molecule has 0 bridgehead atoms. The van der Waals surface area contributed by atoms with Gasteiger partial charge < -0.3 is 10.2 Å². The molecule has 2 heterocycles. The number of amides is 1. The van der Waals surface area contributed by atoms with Crippen LogP contribution in [0.5, 0.6) is 0 Å². The predicted octanol–water partition coefficient (Wildman–Crippen LogP) is 1.18. The Labute approximate surface area is 124 Å². The maximum Gasteiger partial charge on any atom is 0.255 e. The van der Waals surface area contributed by atoms with Crippen LogP contribution in [0.15, 0.2) is 24.4 Å². The SMILES string of the molecule is CNCCN(C)C(=O)c1ccc(-n2nc(C)cc2C)nc1. The second kappa shape index (κ2) is 6.49. The molecule has 0 radical (unpaired) electrons. The van der Waals surface area contributed by atoms with Gasteiger partial charge in [0.05, 0.1) is 11.3 Å². The van der Waals surface area contributed by atoms with Gasteiger partial charge in [0.25, 0.3) is 5.91 Å². The van der Waals surface area contributed by atoms with Crippen molar-refractivity contribution in [1.82, 2.24) is 25.0 Å². The van der Waals surface area contributed by atoms with Gasteiger partial charge in [-0.3, -0.25) is 4.79 Å². The number of aromatic nitrogens is 3. The third-order valence-electron chi connectivity index (χ3n) is 3.27. The molecule has 2 aromatic heterocycles. The molecule has 2 rings (SSSR count). The zero-order valence-corrected chi connectivity index (χ0v) is 12.9. The monoisotopic (exact) mass is 287 g/mol. The molecule has 0 saturated heterocycles. The van der Waals surface area contributed by atoms with Crippen LogP contribution >= 0.6 is 0 Å².